The molecule has 0 bridgehead atoms. The normalized spacial score (nSPS) is 16.2. The molecule has 3 rings (SSSR count). The van der Waals surface area contributed by atoms with Gasteiger partial charge in [0.1, 0.15) is 16.9 Å². The summed E-state index contributed by atoms with van der Waals surface area (Å²) in [6, 6.07) is 10.4. The Labute approximate surface area is 170 Å². The van der Waals surface area contributed by atoms with Crippen molar-refractivity contribution < 1.29 is 27.9 Å². The van der Waals surface area contributed by atoms with E-state index in [1.807, 2.05) is 0 Å². The molecule has 0 aliphatic carbocycles. The highest BCUT2D eigenvalue weighted by Gasteiger charge is 2.31. The fraction of sp³-hybridized carbons (Fsp3) is 0.250. The molecule has 0 spiro atoms. The number of rotatable bonds is 5. The van der Waals surface area contributed by atoms with Crippen molar-refractivity contribution in [2.45, 2.75) is 5.25 Å². The third-order valence-corrected chi connectivity index (χ3v) is 5.34. The van der Waals surface area contributed by atoms with E-state index < -0.39 is 35.4 Å². The van der Waals surface area contributed by atoms with Crippen LogP contribution in [0.1, 0.15) is 10.4 Å². The molecule has 29 heavy (non-hydrogen) atoms. The van der Waals surface area contributed by atoms with E-state index in [9.17, 15) is 23.2 Å². The maximum atomic E-state index is 13.0. The van der Waals surface area contributed by atoms with Gasteiger partial charge in [0, 0.05) is 30.1 Å². The fourth-order valence-corrected chi connectivity index (χ4v) is 3.81. The summed E-state index contributed by atoms with van der Waals surface area (Å²) < 4.78 is 31.0. The van der Waals surface area contributed by atoms with Crippen molar-refractivity contribution in [1.82, 2.24) is 4.90 Å². The van der Waals surface area contributed by atoms with Crippen LogP contribution in [0.3, 0.4) is 0 Å². The van der Waals surface area contributed by atoms with E-state index in [-0.39, 0.29) is 12.5 Å². The molecule has 2 aromatic carbocycles. The Morgan fingerprint density at radius 3 is 2.31 bits per heavy atom. The van der Waals surface area contributed by atoms with Crippen LogP contribution in [0.2, 0.25) is 0 Å². The first-order chi connectivity index (χ1) is 13.9. The minimum atomic E-state index is -0.619. The monoisotopic (exact) mass is 420 g/mol. The van der Waals surface area contributed by atoms with Crippen molar-refractivity contribution >= 4 is 35.2 Å². The molecular weight excluding hydrogens is 402 g/mol. The van der Waals surface area contributed by atoms with E-state index in [4.69, 9.17) is 4.74 Å². The number of thioether (sulfide) groups is 1. The number of amides is 2. The molecule has 9 heteroatoms. The second kappa shape index (κ2) is 9.51. The first kappa shape index (κ1) is 20.8. The van der Waals surface area contributed by atoms with Gasteiger partial charge in [-0.15, -0.1) is 11.8 Å². The van der Waals surface area contributed by atoms with Crippen molar-refractivity contribution in [3.63, 3.8) is 0 Å². The summed E-state index contributed by atoms with van der Waals surface area (Å²) in [7, 11) is 0. The number of esters is 1. The number of benzene rings is 2. The predicted octanol–water partition coefficient (Wildman–Crippen LogP) is 2.70. The summed E-state index contributed by atoms with van der Waals surface area (Å²) in [6.07, 6.45) is 0. The van der Waals surface area contributed by atoms with Gasteiger partial charge in [0.2, 0.25) is 0 Å². The molecule has 0 saturated carbocycles. The van der Waals surface area contributed by atoms with E-state index in [2.05, 4.69) is 5.32 Å². The van der Waals surface area contributed by atoms with Crippen LogP contribution < -0.4 is 5.32 Å². The number of halogens is 2. The lowest BCUT2D eigenvalue weighted by molar-refractivity contribution is -0.146. The van der Waals surface area contributed by atoms with Gasteiger partial charge >= 0.3 is 5.97 Å². The molecule has 0 radical (unpaired) electrons. The molecule has 2 aromatic rings. The maximum absolute atomic E-state index is 13.0. The van der Waals surface area contributed by atoms with E-state index >= 15 is 0 Å². The number of ether oxygens (including phenoxy) is 1. The smallest absolute Gasteiger partial charge is 0.321 e. The Morgan fingerprint density at radius 2 is 1.66 bits per heavy atom. The molecule has 1 heterocycles. The molecular formula is C20H18F2N2O4S. The maximum Gasteiger partial charge on any atom is 0.321 e. The zero-order valence-electron chi connectivity index (χ0n) is 15.3. The van der Waals surface area contributed by atoms with Crippen LogP contribution in [0.5, 0.6) is 0 Å². The number of hydrogen-bond donors (Lipinski definition) is 1. The molecule has 1 aliphatic heterocycles. The van der Waals surface area contributed by atoms with Crippen molar-refractivity contribution in [3.8, 4) is 0 Å². The van der Waals surface area contributed by atoms with Gasteiger partial charge in [0.05, 0.1) is 0 Å². The highest BCUT2D eigenvalue weighted by Crippen LogP contribution is 2.21. The Morgan fingerprint density at radius 1 is 1.03 bits per heavy atom. The lowest BCUT2D eigenvalue weighted by atomic mass is 10.2. The first-order valence-corrected chi connectivity index (χ1v) is 9.86. The van der Waals surface area contributed by atoms with Crippen molar-refractivity contribution in [1.29, 1.82) is 0 Å². The van der Waals surface area contributed by atoms with Gasteiger partial charge < -0.3 is 15.0 Å². The second-order valence-electron chi connectivity index (χ2n) is 6.28. The number of nitrogens with zero attached hydrogens (tertiary/aromatic N) is 1. The van der Waals surface area contributed by atoms with Crippen LogP contribution in [0.25, 0.3) is 0 Å². The van der Waals surface area contributed by atoms with Gasteiger partial charge in [-0.3, -0.25) is 14.4 Å². The van der Waals surface area contributed by atoms with Crippen LogP contribution in [-0.4, -0.2) is 53.4 Å². The Balaban J connectivity index is 1.50. The summed E-state index contributed by atoms with van der Waals surface area (Å²) in [5, 5.41) is 1.88. The third-order valence-electron chi connectivity index (χ3n) is 4.18. The van der Waals surface area contributed by atoms with Gasteiger partial charge in [-0.05, 0) is 48.5 Å². The van der Waals surface area contributed by atoms with E-state index in [0.29, 0.717) is 23.5 Å². The largest absolute Gasteiger partial charge is 0.455 e. The quantitative estimate of drug-likeness (QED) is 0.753. The van der Waals surface area contributed by atoms with Gasteiger partial charge in [0.25, 0.3) is 11.8 Å². The lowest BCUT2D eigenvalue weighted by Crippen LogP contribution is -2.45. The van der Waals surface area contributed by atoms with E-state index in [0.717, 1.165) is 0 Å². The zero-order chi connectivity index (χ0) is 20.8. The minimum Gasteiger partial charge on any atom is -0.455 e. The Kier molecular flexibility index (Phi) is 6.82. The molecule has 1 aliphatic rings. The van der Waals surface area contributed by atoms with Crippen molar-refractivity contribution in [2.24, 2.45) is 0 Å². The standard InChI is InChI=1S/C20H18F2N2O4S/c21-14-3-1-13(2-4-14)19(26)24-9-10-29-17(11-24)20(27)28-12-18(25)23-16-7-5-15(22)6-8-16/h1-8,17H,9-12H2,(H,23,25). The third kappa shape index (κ3) is 5.77. The molecule has 152 valence electrons. The molecule has 2 amide bonds. The van der Waals surface area contributed by atoms with Crippen molar-refractivity contribution in [2.75, 3.05) is 30.8 Å². The van der Waals surface area contributed by atoms with Crippen LogP contribution in [0, 0.1) is 11.6 Å². The van der Waals surface area contributed by atoms with Crippen LogP contribution in [0.15, 0.2) is 48.5 Å². The fourth-order valence-electron chi connectivity index (χ4n) is 2.71. The number of carbonyl (C=O) groups is 3. The van der Waals surface area contributed by atoms with Crippen LogP contribution in [-0.2, 0) is 14.3 Å². The first-order valence-electron chi connectivity index (χ1n) is 8.81. The van der Waals surface area contributed by atoms with E-state index in [1.54, 1.807) is 0 Å². The topological polar surface area (TPSA) is 75.7 Å². The van der Waals surface area contributed by atoms with Gasteiger partial charge in [-0.2, -0.15) is 0 Å². The average molecular weight is 420 g/mol. The van der Waals surface area contributed by atoms with Gasteiger partial charge in [-0.25, -0.2) is 8.78 Å². The molecule has 1 atom stereocenters. The second-order valence-corrected chi connectivity index (χ2v) is 7.59. The lowest BCUT2D eigenvalue weighted by Gasteiger charge is -2.31. The minimum absolute atomic E-state index is 0.138. The van der Waals surface area contributed by atoms with Gasteiger partial charge in [-0.1, -0.05) is 0 Å². The number of carbonyl (C=O) groups excluding carboxylic acids is 3. The van der Waals surface area contributed by atoms with E-state index in [1.165, 1.54) is 65.2 Å². The predicted molar refractivity (Wildman–Crippen MR) is 105 cm³/mol. The summed E-state index contributed by atoms with van der Waals surface area (Å²) >= 11 is 1.35. The van der Waals surface area contributed by atoms with Gasteiger partial charge in [0.15, 0.2) is 6.61 Å². The van der Waals surface area contributed by atoms with Crippen LogP contribution >= 0.6 is 11.8 Å². The summed E-state index contributed by atoms with van der Waals surface area (Å²) in [6.45, 7) is 0.105. The average Bonchev–Trinajstić information content (AvgIpc) is 2.74. The highest BCUT2D eigenvalue weighted by molar-refractivity contribution is 8.00. The molecule has 1 fully saturated rings. The zero-order valence-corrected chi connectivity index (χ0v) is 16.1. The Hall–Kier alpha value is -2.94. The highest BCUT2D eigenvalue weighted by atomic mass is 32.2. The van der Waals surface area contributed by atoms with Crippen molar-refractivity contribution in [3.05, 3.63) is 65.7 Å². The summed E-state index contributed by atoms with van der Waals surface area (Å²) in [5.41, 5.74) is 0.722. The number of anilines is 1. The molecule has 6 nitrogen and oxygen atoms in total. The summed E-state index contributed by atoms with van der Waals surface area (Å²) in [5.74, 6) is -1.77. The molecule has 0 aromatic heterocycles. The summed E-state index contributed by atoms with van der Waals surface area (Å²) in [4.78, 5) is 38.2. The van der Waals surface area contributed by atoms with Crippen LogP contribution in [0.4, 0.5) is 14.5 Å². The Bertz CT molecular complexity index is 890. The molecule has 1 N–H and O–H groups in total. The molecule has 1 saturated heterocycles. The number of nitrogens with one attached hydrogen (secondary N) is 1. The SMILES string of the molecule is O=C(COC(=O)C1CN(C(=O)c2ccc(F)cc2)CCS1)Nc1ccc(F)cc1. The number of hydrogen-bond acceptors (Lipinski definition) is 5. The molecule has 1 unspecified atom stereocenters.